The molecule has 0 bridgehead atoms. The summed E-state index contributed by atoms with van der Waals surface area (Å²) in [6, 6.07) is 13.9. The van der Waals surface area contributed by atoms with Gasteiger partial charge in [-0.15, -0.1) is 0 Å². The van der Waals surface area contributed by atoms with Crippen LogP contribution in [0, 0.1) is 10.1 Å². The standard InChI is InChI=1S/C20H11Cl2F3N2O3/c21-15-8-12(11-26-14-4-2-1-3-5-14)9-16(22)19(15)30-18-7-6-13(20(23,24)25)10-17(18)27(28)29/h1-11H. The van der Waals surface area contributed by atoms with E-state index in [9.17, 15) is 23.3 Å². The fourth-order valence-electron chi connectivity index (χ4n) is 2.45. The SMILES string of the molecule is O=[N+]([O-])c1cc(C(F)(F)F)ccc1Oc1c(Cl)cc(C=Nc2ccccc2)cc1Cl. The number of aliphatic imine (C=N–C) groups is 1. The lowest BCUT2D eigenvalue weighted by Crippen LogP contribution is -2.06. The predicted octanol–water partition coefficient (Wildman–Crippen LogP) is 7.46. The van der Waals surface area contributed by atoms with E-state index >= 15 is 0 Å². The molecule has 10 heteroatoms. The Kier molecular flexibility index (Phi) is 6.28. The number of alkyl halides is 3. The third kappa shape index (κ3) is 5.08. The van der Waals surface area contributed by atoms with Crippen LogP contribution in [0.25, 0.3) is 0 Å². The summed E-state index contributed by atoms with van der Waals surface area (Å²) in [5.74, 6) is -0.555. The average molecular weight is 455 g/mol. The van der Waals surface area contributed by atoms with Gasteiger partial charge in [0.1, 0.15) is 0 Å². The van der Waals surface area contributed by atoms with Gasteiger partial charge in [0.25, 0.3) is 0 Å². The van der Waals surface area contributed by atoms with Crippen molar-refractivity contribution in [3.05, 3.63) is 92.0 Å². The van der Waals surface area contributed by atoms with Crippen LogP contribution in [0.2, 0.25) is 10.0 Å². The number of para-hydroxylation sites is 1. The fraction of sp³-hybridized carbons (Fsp3) is 0.0500. The van der Waals surface area contributed by atoms with Gasteiger partial charge in [-0.1, -0.05) is 41.4 Å². The van der Waals surface area contributed by atoms with E-state index in [1.807, 2.05) is 18.2 Å². The summed E-state index contributed by atoms with van der Waals surface area (Å²) < 4.78 is 43.9. The van der Waals surface area contributed by atoms with Gasteiger partial charge in [0, 0.05) is 12.3 Å². The van der Waals surface area contributed by atoms with Crippen LogP contribution in [-0.2, 0) is 6.18 Å². The molecule has 0 fully saturated rings. The molecule has 30 heavy (non-hydrogen) atoms. The van der Waals surface area contributed by atoms with Gasteiger partial charge in [0.05, 0.1) is 26.2 Å². The van der Waals surface area contributed by atoms with Gasteiger partial charge in [-0.05, 0) is 42.0 Å². The van der Waals surface area contributed by atoms with Crippen LogP contribution in [-0.4, -0.2) is 11.1 Å². The van der Waals surface area contributed by atoms with E-state index in [1.54, 1.807) is 12.1 Å². The molecule has 3 aromatic carbocycles. The highest BCUT2D eigenvalue weighted by Gasteiger charge is 2.33. The topological polar surface area (TPSA) is 64.7 Å². The van der Waals surface area contributed by atoms with E-state index in [0.29, 0.717) is 23.4 Å². The summed E-state index contributed by atoms with van der Waals surface area (Å²) in [6.45, 7) is 0. The number of benzene rings is 3. The van der Waals surface area contributed by atoms with Crippen LogP contribution in [0.15, 0.2) is 65.7 Å². The molecule has 0 saturated carbocycles. The molecular formula is C20H11Cl2F3N2O3. The Hall–Kier alpha value is -3.10. The number of ether oxygens (including phenoxy) is 1. The number of hydrogen-bond donors (Lipinski definition) is 0. The Labute approximate surface area is 178 Å². The Balaban J connectivity index is 1.92. The van der Waals surface area contributed by atoms with E-state index in [0.717, 1.165) is 6.07 Å². The van der Waals surface area contributed by atoms with Crippen molar-refractivity contribution >= 4 is 40.8 Å². The lowest BCUT2D eigenvalue weighted by atomic mass is 10.1. The zero-order valence-corrected chi connectivity index (χ0v) is 16.4. The van der Waals surface area contributed by atoms with Crippen LogP contribution in [0.5, 0.6) is 11.5 Å². The zero-order chi connectivity index (χ0) is 21.9. The van der Waals surface area contributed by atoms with Crippen molar-refractivity contribution in [3.63, 3.8) is 0 Å². The predicted molar refractivity (Wildman–Crippen MR) is 108 cm³/mol. The lowest BCUT2D eigenvalue weighted by Gasteiger charge is -2.12. The first-order valence-electron chi connectivity index (χ1n) is 8.27. The number of halogens is 5. The summed E-state index contributed by atoms with van der Waals surface area (Å²) in [5, 5.41) is 11.2. The molecule has 3 rings (SSSR count). The molecule has 3 aromatic rings. The van der Waals surface area contributed by atoms with Gasteiger partial charge in [0.15, 0.2) is 5.75 Å². The molecule has 0 aliphatic carbocycles. The van der Waals surface area contributed by atoms with Crippen LogP contribution >= 0.6 is 23.2 Å². The van der Waals surface area contributed by atoms with Gasteiger partial charge in [0.2, 0.25) is 5.75 Å². The van der Waals surface area contributed by atoms with E-state index in [4.69, 9.17) is 27.9 Å². The van der Waals surface area contributed by atoms with Crippen molar-refractivity contribution in [3.8, 4) is 11.5 Å². The summed E-state index contributed by atoms with van der Waals surface area (Å²) in [7, 11) is 0. The van der Waals surface area contributed by atoms with Crippen molar-refractivity contribution in [2.24, 2.45) is 4.99 Å². The van der Waals surface area contributed by atoms with E-state index < -0.39 is 28.1 Å². The van der Waals surface area contributed by atoms with Crippen LogP contribution in [0.4, 0.5) is 24.5 Å². The maximum absolute atomic E-state index is 12.8. The monoisotopic (exact) mass is 454 g/mol. The third-order valence-electron chi connectivity index (χ3n) is 3.83. The Bertz CT molecular complexity index is 1100. The highest BCUT2D eigenvalue weighted by molar-refractivity contribution is 6.37. The second-order valence-corrected chi connectivity index (χ2v) is 6.76. The summed E-state index contributed by atoms with van der Waals surface area (Å²) in [5.41, 5.74) is -0.813. The maximum atomic E-state index is 12.8. The normalized spacial score (nSPS) is 11.6. The van der Waals surface area contributed by atoms with Crippen LogP contribution < -0.4 is 4.74 Å². The largest absolute Gasteiger partial charge is 0.447 e. The van der Waals surface area contributed by atoms with Gasteiger partial charge < -0.3 is 4.74 Å². The fourth-order valence-corrected chi connectivity index (χ4v) is 3.03. The number of nitrogens with zero attached hydrogens (tertiary/aromatic N) is 2. The molecule has 0 atom stereocenters. The molecule has 0 amide bonds. The molecule has 0 heterocycles. The van der Waals surface area contributed by atoms with Crippen molar-refractivity contribution in [1.29, 1.82) is 0 Å². The molecule has 0 spiro atoms. The van der Waals surface area contributed by atoms with Gasteiger partial charge >= 0.3 is 11.9 Å². The maximum Gasteiger partial charge on any atom is 0.416 e. The van der Waals surface area contributed by atoms with E-state index in [-0.39, 0.29) is 15.8 Å². The van der Waals surface area contributed by atoms with Gasteiger partial charge in [-0.3, -0.25) is 15.1 Å². The molecule has 0 aromatic heterocycles. The lowest BCUT2D eigenvalue weighted by molar-refractivity contribution is -0.385. The van der Waals surface area contributed by atoms with Crippen molar-refractivity contribution < 1.29 is 22.8 Å². The Morgan fingerprint density at radius 1 is 1.00 bits per heavy atom. The minimum absolute atomic E-state index is 0.00575. The molecule has 0 aliphatic heterocycles. The molecule has 0 unspecified atom stereocenters. The zero-order valence-electron chi connectivity index (χ0n) is 14.9. The first-order valence-corrected chi connectivity index (χ1v) is 9.02. The third-order valence-corrected chi connectivity index (χ3v) is 4.40. The first kappa shape index (κ1) is 21.6. The molecular weight excluding hydrogens is 444 g/mol. The second-order valence-electron chi connectivity index (χ2n) is 5.95. The highest BCUT2D eigenvalue weighted by atomic mass is 35.5. The molecule has 0 aliphatic rings. The second kappa shape index (κ2) is 8.73. The molecule has 0 radical (unpaired) electrons. The minimum Gasteiger partial charge on any atom is -0.447 e. The number of nitro groups is 1. The minimum atomic E-state index is -4.74. The summed E-state index contributed by atoms with van der Waals surface area (Å²) >= 11 is 12.4. The van der Waals surface area contributed by atoms with Gasteiger partial charge in [-0.2, -0.15) is 13.2 Å². The number of nitro benzene ring substituents is 1. The molecule has 154 valence electrons. The molecule has 0 saturated heterocycles. The molecule has 0 N–H and O–H groups in total. The highest BCUT2D eigenvalue weighted by Crippen LogP contribution is 2.42. The van der Waals surface area contributed by atoms with E-state index in [2.05, 4.69) is 4.99 Å². The quantitative estimate of drug-likeness (QED) is 0.228. The Morgan fingerprint density at radius 2 is 1.63 bits per heavy atom. The van der Waals surface area contributed by atoms with Gasteiger partial charge in [-0.25, -0.2) is 0 Å². The Morgan fingerprint density at radius 3 is 2.20 bits per heavy atom. The summed E-state index contributed by atoms with van der Waals surface area (Å²) in [4.78, 5) is 14.5. The van der Waals surface area contributed by atoms with E-state index in [1.165, 1.54) is 18.3 Å². The van der Waals surface area contributed by atoms with Crippen LogP contribution in [0.1, 0.15) is 11.1 Å². The first-order chi connectivity index (χ1) is 14.1. The molecule has 5 nitrogen and oxygen atoms in total. The smallest absolute Gasteiger partial charge is 0.416 e. The van der Waals surface area contributed by atoms with Crippen molar-refractivity contribution in [1.82, 2.24) is 0 Å². The number of rotatable bonds is 5. The van der Waals surface area contributed by atoms with Crippen LogP contribution in [0.3, 0.4) is 0 Å². The van der Waals surface area contributed by atoms with Crippen molar-refractivity contribution in [2.75, 3.05) is 0 Å². The number of hydrogen-bond acceptors (Lipinski definition) is 4. The average Bonchev–Trinajstić information content (AvgIpc) is 2.69. The summed E-state index contributed by atoms with van der Waals surface area (Å²) in [6.07, 6.45) is -3.23. The van der Waals surface area contributed by atoms with Crippen molar-refractivity contribution in [2.45, 2.75) is 6.18 Å².